The van der Waals surface area contributed by atoms with E-state index in [-0.39, 0.29) is 5.78 Å². The normalized spacial score (nSPS) is 20.2. The van der Waals surface area contributed by atoms with E-state index in [1.807, 2.05) is 0 Å². The minimum absolute atomic E-state index is 0.100. The van der Waals surface area contributed by atoms with Gasteiger partial charge in [0, 0.05) is 17.2 Å². The fourth-order valence-electron chi connectivity index (χ4n) is 3.51. The number of ether oxygens (including phenoxy) is 2. The third kappa shape index (κ3) is 2.93. The maximum Gasteiger partial charge on any atom is 0.278 e. The first-order chi connectivity index (χ1) is 14.0. The van der Waals surface area contributed by atoms with Crippen LogP contribution >= 0.6 is 0 Å². The second kappa shape index (κ2) is 7.05. The van der Waals surface area contributed by atoms with Crippen LogP contribution in [0.3, 0.4) is 0 Å². The summed E-state index contributed by atoms with van der Waals surface area (Å²) in [5.41, 5.74) is 1.75. The fourth-order valence-corrected chi connectivity index (χ4v) is 3.51. The lowest BCUT2D eigenvalue weighted by atomic mass is 9.93. The quantitative estimate of drug-likeness (QED) is 0.570. The Bertz CT molecular complexity index is 1040. The summed E-state index contributed by atoms with van der Waals surface area (Å²) < 4.78 is 10.6. The van der Waals surface area contributed by atoms with E-state index in [0.717, 1.165) is 4.90 Å². The summed E-state index contributed by atoms with van der Waals surface area (Å²) in [6.07, 6.45) is -1.03. The highest BCUT2D eigenvalue weighted by Gasteiger charge is 2.56. The van der Waals surface area contributed by atoms with Crippen molar-refractivity contribution in [1.29, 1.82) is 0 Å². The first-order valence-corrected chi connectivity index (χ1v) is 8.91. The number of nitrogens with zero attached hydrogens (tertiary/aromatic N) is 2. The Morgan fingerprint density at radius 3 is 2.38 bits per heavy atom. The molecular weight excluding hydrogens is 376 g/mol. The van der Waals surface area contributed by atoms with Crippen molar-refractivity contribution in [2.45, 2.75) is 13.0 Å². The van der Waals surface area contributed by atoms with Gasteiger partial charge in [-0.3, -0.25) is 14.4 Å². The van der Waals surface area contributed by atoms with Crippen molar-refractivity contribution in [1.82, 2.24) is 0 Å². The molecule has 1 fully saturated rings. The number of amides is 2. The molecule has 148 valence electrons. The van der Waals surface area contributed by atoms with E-state index in [9.17, 15) is 14.4 Å². The number of benzene rings is 2. The van der Waals surface area contributed by atoms with Crippen molar-refractivity contribution < 1.29 is 28.7 Å². The Labute approximate surface area is 166 Å². The molecule has 0 saturated carbocycles. The molecule has 2 aromatic rings. The summed E-state index contributed by atoms with van der Waals surface area (Å²) in [5.74, 6) is -0.875. The van der Waals surface area contributed by atoms with Crippen LogP contribution in [0.2, 0.25) is 0 Å². The highest BCUT2D eigenvalue weighted by Crippen LogP contribution is 2.38. The maximum atomic E-state index is 13.1. The highest BCUT2D eigenvalue weighted by molar-refractivity contribution is 6.32. The number of methoxy groups -OCH3 is 2. The Hall–Kier alpha value is -3.68. The van der Waals surface area contributed by atoms with Gasteiger partial charge in [-0.25, -0.2) is 4.90 Å². The molecule has 8 nitrogen and oxygen atoms in total. The van der Waals surface area contributed by atoms with Gasteiger partial charge in [0.25, 0.3) is 5.91 Å². The first-order valence-electron chi connectivity index (χ1n) is 8.91. The monoisotopic (exact) mass is 394 g/mol. The van der Waals surface area contributed by atoms with Crippen molar-refractivity contribution in [3.8, 4) is 11.5 Å². The smallest absolute Gasteiger partial charge is 0.278 e. The van der Waals surface area contributed by atoms with Crippen LogP contribution in [0.1, 0.15) is 22.8 Å². The summed E-state index contributed by atoms with van der Waals surface area (Å²) in [6, 6.07) is 11.4. The zero-order valence-electron chi connectivity index (χ0n) is 16.0. The van der Waals surface area contributed by atoms with E-state index < -0.39 is 23.8 Å². The summed E-state index contributed by atoms with van der Waals surface area (Å²) in [4.78, 5) is 43.8. The molecule has 29 heavy (non-hydrogen) atoms. The van der Waals surface area contributed by atoms with E-state index >= 15 is 0 Å². The summed E-state index contributed by atoms with van der Waals surface area (Å²) in [7, 11) is 3.03. The Kier molecular flexibility index (Phi) is 4.54. The van der Waals surface area contributed by atoms with E-state index in [2.05, 4.69) is 5.16 Å². The van der Waals surface area contributed by atoms with Crippen LogP contribution < -0.4 is 14.4 Å². The number of hydrogen-bond donors (Lipinski definition) is 0. The highest BCUT2D eigenvalue weighted by atomic mass is 16.7. The zero-order chi connectivity index (χ0) is 20.7. The van der Waals surface area contributed by atoms with E-state index in [4.69, 9.17) is 14.3 Å². The van der Waals surface area contributed by atoms with Gasteiger partial charge in [0.05, 0.1) is 19.9 Å². The third-order valence-electron chi connectivity index (χ3n) is 5.03. The van der Waals surface area contributed by atoms with Crippen LogP contribution in [0.15, 0.2) is 47.6 Å². The molecule has 0 bridgehead atoms. The SMILES string of the molecule is COc1ccc(C2=NOC3C(=O)N(c4ccc(C(C)=O)cc4)C(=O)C23)c(OC)c1. The summed E-state index contributed by atoms with van der Waals surface area (Å²) in [5, 5.41) is 4.00. The predicted octanol–water partition coefficient (Wildman–Crippen LogP) is 2.20. The first kappa shape index (κ1) is 18.7. The van der Waals surface area contributed by atoms with Crippen molar-refractivity contribution in [3.05, 3.63) is 53.6 Å². The molecular formula is C21H18N2O6. The second-order valence-corrected chi connectivity index (χ2v) is 6.66. The Balaban J connectivity index is 1.68. The molecule has 0 spiro atoms. The fraction of sp³-hybridized carbons (Fsp3) is 0.238. The van der Waals surface area contributed by atoms with Gasteiger partial charge in [0.15, 0.2) is 5.78 Å². The third-order valence-corrected chi connectivity index (χ3v) is 5.03. The lowest BCUT2D eigenvalue weighted by Gasteiger charge is -2.16. The van der Waals surface area contributed by atoms with E-state index in [1.165, 1.54) is 21.1 Å². The molecule has 1 saturated heterocycles. The molecule has 2 aliphatic heterocycles. The molecule has 0 radical (unpaired) electrons. The lowest BCUT2D eigenvalue weighted by Crippen LogP contribution is -2.33. The molecule has 8 heteroatoms. The molecule has 0 aliphatic carbocycles. The van der Waals surface area contributed by atoms with Crippen molar-refractivity contribution in [2.75, 3.05) is 19.1 Å². The number of hydrogen-bond acceptors (Lipinski definition) is 7. The molecule has 2 atom stereocenters. The molecule has 4 rings (SSSR count). The topological polar surface area (TPSA) is 94.5 Å². The number of anilines is 1. The van der Waals surface area contributed by atoms with Crippen LogP contribution in [-0.4, -0.2) is 43.6 Å². The number of Topliss-reactive ketones (excluding diaryl/α,β-unsaturated/α-hetero) is 1. The molecule has 0 N–H and O–H groups in total. The molecule has 2 unspecified atom stereocenters. The van der Waals surface area contributed by atoms with Gasteiger partial charge in [-0.05, 0) is 43.3 Å². The average molecular weight is 394 g/mol. The number of carbonyl (C=O) groups is 3. The number of oxime groups is 1. The predicted molar refractivity (Wildman–Crippen MR) is 103 cm³/mol. The minimum Gasteiger partial charge on any atom is -0.497 e. The van der Waals surface area contributed by atoms with Gasteiger partial charge in [-0.1, -0.05) is 5.16 Å². The number of fused-ring (bicyclic) bond motifs is 1. The molecule has 2 aromatic carbocycles. The average Bonchev–Trinajstić information content (AvgIpc) is 3.27. The van der Waals surface area contributed by atoms with Crippen LogP contribution in [0, 0.1) is 5.92 Å². The minimum atomic E-state index is -1.03. The van der Waals surface area contributed by atoms with E-state index in [0.29, 0.717) is 34.0 Å². The lowest BCUT2D eigenvalue weighted by molar-refractivity contribution is -0.126. The summed E-state index contributed by atoms with van der Waals surface area (Å²) in [6.45, 7) is 1.45. The second-order valence-electron chi connectivity index (χ2n) is 6.66. The standard InChI is InChI=1S/C21H18N2O6/c1-11(24)12-4-6-13(7-5-12)23-20(25)17-18(22-29-19(17)21(23)26)15-9-8-14(27-2)10-16(15)28-3/h4-10,17,19H,1-3H3. The van der Waals surface area contributed by atoms with Gasteiger partial charge in [-0.2, -0.15) is 0 Å². The Morgan fingerprint density at radius 2 is 1.76 bits per heavy atom. The van der Waals surface area contributed by atoms with Crippen LogP contribution in [-0.2, 0) is 14.4 Å². The van der Waals surface area contributed by atoms with Gasteiger partial charge in [0.2, 0.25) is 12.0 Å². The molecule has 2 amide bonds. The molecule has 2 heterocycles. The molecule has 2 aliphatic rings. The van der Waals surface area contributed by atoms with Crippen molar-refractivity contribution in [3.63, 3.8) is 0 Å². The number of rotatable bonds is 5. The van der Waals surface area contributed by atoms with Gasteiger partial charge in [-0.15, -0.1) is 0 Å². The largest absolute Gasteiger partial charge is 0.497 e. The van der Waals surface area contributed by atoms with Crippen molar-refractivity contribution in [2.24, 2.45) is 11.1 Å². The summed E-state index contributed by atoms with van der Waals surface area (Å²) >= 11 is 0. The van der Waals surface area contributed by atoms with Crippen LogP contribution in [0.25, 0.3) is 0 Å². The van der Waals surface area contributed by atoms with Crippen LogP contribution in [0.5, 0.6) is 11.5 Å². The number of ketones is 1. The van der Waals surface area contributed by atoms with Gasteiger partial charge in [0.1, 0.15) is 23.1 Å². The number of imide groups is 1. The molecule has 0 aromatic heterocycles. The van der Waals surface area contributed by atoms with Crippen molar-refractivity contribution >= 4 is 29.0 Å². The van der Waals surface area contributed by atoms with Crippen LogP contribution in [0.4, 0.5) is 5.69 Å². The van der Waals surface area contributed by atoms with Gasteiger partial charge >= 0.3 is 0 Å². The number of carbonyl (C=O) groups excluding carboxylic acids is 3. The Morgan fingerprint density at radius 1 is 1.03 bits per heavy atom. The van der Waals surface area contributed by atoms with E-state index in [1.54, 1.807) is 42.5 Å². The van der Waals surface area contributed by atoms with Gasteiger partial charge < -0.3 is 14.3 Å². The maximum absolute atomic E-state index is 13.1. The zero-order valence-corrected chi connectivity index (χ0v) is 16.0.